The second-order valence-corrected chi connectivity index (χ2v) is 6.95. The summed E-state index contributed by atoms with van der Waals surface area (Å²) in [6, 6.07) is 7.04. The third kappa shape index (κ3) is 4.10. The van der Waals surface area contributed by atoms with E-state index in [2.05, 4.69) is 5.32 Å². The molecule has 0 saturated heterocycles. The molecule has 1 aromatic rings. The first-order chi connectivity index (χ1) is 9.56. The largest absolute Gasteiger partial charge is 0.325 e. The molecule has 4 heteroatoms. The maximum absolute atomic E-state index is 12.1. The molecule has 0 radical (unpaired) electrons. The van der Waals surface area contributed by atoms with Crippen LogP contribution in [0.5, 0.6) is 0 Å². The highest BCUT2D eigenvalue weighted by Gasteiger charge is 2.22. The van der Waals surface area contributed by atoms with Gasteiger partial charge in [-0.1, -0.05) is 12.8 Å². The number of rotatable bonds is 5. The molecular formula is C16H21NO2S. The predicted molar refractivity (Wildman–Crippen MR) is 84.4 cm³/mol. The lowest BCUT2D eigenvalue weighted by Gasteiger charge is -2.16. The molecule has 1 amide bonds. The zero-order valence-corrected chi connectivity index (χ0v) is 12.8. The summed E-state index contributed by atoms with van der Waals surface area (Å²) >= 11 is 1.78. The Morgan fingerprint density at radius 2 is 1.80 bits per heavy atom. The number of anilines is 1. The molecule has 20 heavy (non-hydrogen) atoms. The molecule has 1 fully saturated rings. The van der Waals surface area contributed by atoms with Crippen molar-refractivity contribution in [3.8, 4) is 0 Å². The number of carbonyl (C=O) groups excluding carboxylic acids is 2. The molecule has 2 rings (SSSR count). The molecule has 1 N–H and O–H groups in total. The number of carbonyl (C=O) groups is 2. The third-order valence-electron chi connectivity index (χ3n) is 3.63. The lowest BCUT2D eigenvalue weighted by molar-refractivity contribution is -0.115. The summed E-state index contributed by atoms with van der Waals surface area (Å²) in [5, 5.41) is 3.51. The molecule has 1 saturated carbocycles. The molecule has 0 spiro atoms. The van der Waals surface area contributed by atoms with Crippen LogP contribution in [-0.4, -0.2) is 22.2 Å². The van der Waals surface area contributed by atoms with Gasteiger partial charge >= 0.3 is 0 Å². The smallest absolute Gasteiger partial charge is 0.237 e. The summed E-state index contributed by atoms with van der Waals surface area (Å²) in [5.74, 6) is 0.0745. The number of thioether (sulfide) groups is 1. The van der Waals surface area contributed by atoms with Crippen LogP contribution in [0.15, 0.2) is 24.3 Å². The van der Waals surface area contributed by atoms with Crippen molar-refractivity contribution in [3.05, 3.63) is 29.8 Å². The maximum atomic E-state index is 12.1. The van der Waals surface area contributed by atoms with E-state index < -0.39 is 0 Å². The fourth-order valence-electron chi connectivity index (χ4n) is 2.41. The zero-order valence-electron chi connectivity index (χ0n) is 12.0. The van der Waals surface area contributed by atoms with Crippen LogP contribution < -0.4 is 5.32 Å². The van der Waals surface area contributed by atoms with E-state index in [9.17, 15) is 9.59 Å². The highest BCUT2D eigenvalue weighted by atomic mass is 32.2. The summed E-state index contributed by atoms with van der Waals surface area (Å²) in [5.41, 5.74) is 1.41. The monoisotopic (exact) mass is 291 g/mol. The van der Waals surface area contributed by atoms with Crippen molar-refractivity contribution < 1.29 is 9.59 Å². The van der Waals surface area contributed by atoms with Crippen molar-refractivity contribution in [3.63, 3.8) is 0 Å². The van der Waals surface area contributed by atoms with E-state index in [1.807, 2.05) is 6.92 Å². The van der Waals surface area contributed by atoms with E-state index in [-0.39, 0.29) is 16.9 Å². The fourth-order valence-corrected chi connectivity index (χ4v) is 3.77. The Morgan fingerprint density at radius 1 is 1.20 bits per heavy atom. The minimum atomic E-state index is -0.0365. The summed E-state index contributed by atoms with van der Waals surface area (Å²) in [7, 11) is 0. The van der Waals surface area contributed by atoms with E-state index in [0.29, 0.717) is 10.8 Å². The highest BCUT2D eigenvalue weighted by Crippen LogP contribution is 2.32. The van der Waals surface area contributed by atoms with Crippen molar-refractivity contribution >= 4 is 29.1 Å². The molecule has 108 valence electrons. The molecule has 0 heterocycles. The molecule has 3 nitrogen and oxygen atoms in total. The molecular weight excluding hydrogens is 270 g/mol. The first-order valence-electron chi connectivity index (χ1n) is 7.13. The van der Waals surface area contributed by atoms with Gasteiger partial charge in [-0.3, -0.25) is 9.59 Å². The van der Waals surface area contributed by atoms with E-state index in [1.54, 1.807) is 36.0 Å². The average Bonchev–Trinajstić information content (AvgIpc) is 2.92. The van der Waals surface area contributed by atoms with Crippen LogP contribution in [0.2, 0.25) is 0 Å². The minimum Gasteiger partial charge on any atom is -0.325 e. The molecule has 1 atom stereocenters. The van der Waals surface area contributed by atoms with Crippen LogP contribution in [0.1, 0.15) is 49.9 Å². The summed E-state index contributed by atoms with van der Waals surface area (Å²) < 4.78 is 0. The predicted octanol–water partition coefficient (Wildman–Crippen LogP) is 3.89. The van der Waals surface area contributed by atoms with Crippen molar-refractivity contribution in [2.45, 2.75) is 50.0 Å². The number of benzene rings is 1. The van der Waals surface area contributed by atoms with E-state index >= 15 is 0 Å². The average molecular weight is 291 g/mol. The van der Waals surface area contributed by atoms with Gasteiger partial charge in [-0.25, -0.2) is 0 Å². The van der Waals surface area contributed by atoms with Crippen LogP contribution >= 0.6 is 11.8 Å². The van der Waals surface area contributed by atoms with Crippen molar-refractivity contribution in [2.75, 3.05) is 5.32 Å². The van der Waals surface area contributed by atoms with Gasteiger partial charge in [-0.15, -0.1) is 11.8 Å². The summed E-state index contributed by atoms with van der Waals surface area (Å²) in [6.45, 7) is 3.50. The van der Waals surface area contributed by atoms with Gasteiger partial charge in [-0.05, 0) is 51.0 Å². The third-order valence-corrected chi connectivity index (χ3v) is 5.11. The molecule has 0 aromatic heterocycles. The lowest BCUT2D eigenvalue weighted by Crippen LogP contribution is -2.24. The van der Waals surface area contributed by atoms with Gasteiger partial charge in [0.1, 0.15) is 0 Å². The van der Waals surface area contributed by atoms with Crippen LogP contribution in [0, 0.1) is 0 Å². The van der Waals surface area contributed by atoms with Crippen LogP contribution in [0.3, 0.4) is 0 Å². The van der Waals surface area contributed by atoms with Gasteiger partial charge in [0.05, 0.1) is 5.25 Å². The Hall–Kier alpha value is -1.29. The molecule has 1 aliphatic rings. The van der Waals surface area contributed by atoms with Gasteiger partial charge in [0.25, 0.3) is 0 Å². The number of nitrogens with one attached hydrogen (secondary N) is 1. The molecule has 1 aromatic carbocycles. The Bertz CT molecular complexity index is 478. The van der Waals surface area contributed by atoms with E-state index in [4.69, 9.17) is 0 Å². The highest BCUT2D eigenvalue weighted by molar-refractivity contribution is 8.01. The maximum Gasteiger partial charge on any atom is 0.237 e. The number of Topliss-reactive ketones (excluding diaryl/α,β-unsaturated/α-hetero) is 1. The molecule has 0 aliphatic heterocycles. The summed E-state index contributed by atoms with van der Waals surface area (Å²) in [6.07, 6.45) is 5.04. The van der Waals surface area contributed by atoms with Crippen LogP contribution in [0.4, 0.5) is 5.69 Å². The van der Waals surface area contributed by atoms with Gasteiger partial charge in [0.15, 0.2) is 5.78 Å². The normalized spacial score (nSPS) is 16.9. The minimum absolute atomic E-state index is 0.0352. The van der Waals surface area contributed by atoms with Gasteiger partial charge in [-0.2, -0.15) is 0 Å². The van der Waals surface area contributed by atoms with Crippen LogP contribution in [0.25, 0.3) is 0 Å². The van der Waals surface area contributed by atoms with Crippen molar-refractivity contribution in [2.24, 2.45) is 0 Å². The first-order valence-corrected chi connectivity index (χ1v) is 8.08. The first kappa shape index (κ1) is 15.1. The summed E-state index contributed by atoms with van der Waals surface area (Å²) in [4.78, 5) is 23.3. The topological polar surface area (TPSA) is 46.2 Å². The second kappa shape index (κ2) is 6.93. The van der Waals surface area contributed by atoms with Gasteiger partial charge in [0.2, 0.25) is 5.91 Å². The van der Waals surface area contributed by atoms with Crippen LogP contribution in [-0.2, 0) is 4.79 Å². The van der Waals surface area contributed by atoms with Crippen molar-refractivity contribution in [1.29, 1.82) is 0 Å². The Kier molecular flexibility index (Phi) is 5.24. The van der Waals surface area contributed by atoms with Crippen molar-refractivity contribution in [1.82, 2.24) is 0 Å². The Balaban J connectivity index is 1.87. The van der Waals surface area contributed by atoms with Gasteiger partial charge in [0, 0.05) is 16.5 Å². The van der Waals surface area contributed by atoms with Gasteiger partial charge < -0.3 is 5.32 Å². The second-order valence-electron chi connectivity index (χ2n) is 5.31. The molecule has 1 aliphatic carbocycles. The number of hydrogen-bond donors (Lipinski definition) is 1. The zero-order chi connectivity index (χ0) is 14.5. The Morgan fingerprint density at radius 3 is 2.35 bits per heavy atom. The fraction of sp³-hybridized carbons (Fsp3) is 0.500. The number of ketones is 1. The van der Waals surface area contributed by atoms with E-state index in [1.165, 1.54) is 32.6 Å². The van der Waals surface area contributed by atoms with E-state index in [0.717, 1.165) is 5.69 Å². The molecule has 1 unspecified atom stereocenters. The standard InChI is InChI=1S/C16H21NO2S/c1-11(18)13-7-9-14(10-8-13)17-16(19)12(2)20-15-5-3-4-6-15/h7-10,12,15H,3-6H2,1-2H3,(H,17,19). The SMILES string of the molecule is CC(=O)c1ccc(NC(=O)C(C)SC2CCCC2)cc1. The number of hydrogen-bond acceptors (Lipinski definition) is 3. The molecule has 0 bridgehead atoms. The number of amides is 1. The Labute approximate surface area is 124 Å². The lowest BCUT2D eigenvalue weighted by atomic mass is 10.1. The quantitative estimate of drug-likeness (QED) is 0.837.